The van der Waals surface area contributed by atoms with Crippen molar-refractivity contribution in [3.8, 4) is 0 Å². The summed E-state index contributed by atoms with van der Waals surface area (Å²) in [5.74, 6) is -0.510. The zero-order valence-electron chi connectivity index (χ0n) is 54.3. The van der Waals surface area contributed by atoms with Crippen molar-refractivity contribution in [2.24, 2.45) is 0 Å². The Labute approximate surface area is 502 Å². The van der Waals surface area contributed by atoms with E-state index in [1.54, 1.807) is 0 Å². The zero-order valence-corrected chi connectivity index (χ0v) is 55.2. The summed E-state index contributed by atoms with van der Waals surface area (Å²) in [6, 6.07) is -0.856. The van der Waals surface area contributed by atoms with Crippen molar-refractivity contribution < 1.29 is 37.3 Å². The highest BCUT2D eigenvalue weighted by Gasteiger charge is 2.30. The predicted molar refractivity (Wildman–Crippen MR) is 351 cm³/mol. The Hall–Kier alpha value is -2.29. The molecule has 0 saturated heterocycles. The second-order valence-corrected chi connectivity index (χ2v) is 26.1. The van der Waals surface area contributed by atoms with Gasteiger partial charge in [0.1, 0.15) is 19.3 Å². The number of esters is 1. The van der Waals surface area contributed by atoms with Crippen LogP contribution in [0.2, 0.25) is 0 Å². The molecule has 9 nitrogen and oxygen atoms in total. The van der Waals surface area contributed by atoms with Gasteiger partial charge in [0, 0.05) is 12.8 Å². The largest absolute Gasteiger partial charge is 0.472 e. The van der Waals surface area contributed by atoms with E-state index in [0.29, 0.717) is 17.4 Å². The van der Waals surface area contributed by atoms with Crippen LogP contribution in [0.4, 0.5) is 0 Å². The van der Waals surface area contributed by atoms with E-state index in [9.17, 15) is 19.0 Å². The number of carbonyl (C=O) groups is 2. The van der Waals surface area contributed by atoms with Crippen LogP contribution in [0.5, 0.6) is 0 Å². The number of carbonyl (C=O) groups excluding carboxylic acids is 2. The molecule has 0 aromatic carbocycles. The minimum absolute atomic E-state index is 0.0372. The number of quaternary nitrogens is 1. The lowest BCUT2D eigenvalue weighted by molar-refractivity contribution is -0.870. The van der Waals surface area contributed by atoms with E-state index in [0.717, 1.165) is 83.5 Å². The maximum Gasteiger partial charge on any atom is 0.472 e. The highest BCUT2D eigenvalue weighted by Crippen LogP contribution is 2.43. The summed E-state index contributed by atoms with van der Waals surface area (Å²) < 4.78 is 30.8. The molecule has 1 amide bonds. The van der Waals surface area contributed by atoms with E-state index in [-0.39, 0.29) is 31.5 Å². The highest BCUT2D eigenvalue weighted by molar-refractivity contribution is 7.47. The van der Waals surface area contributed by atoms with Gasteiger partial charge in [0.2, 0.25) is 5.91 Å². The first-order valence-electron chi connectivity index (χ1n) is 34.6. The van der Waals surface area contributed by atoms with Crippen molar-refractivity contribution in [1.82, 2.24) is 5.32 Å². The van der Waals surface area contributed by atoms with E-state index < -0.39 is 20.0 Å². The summed E-state index contributed by atoms with van der Waals surface area (Å²) in [5, 5.41) is 3.06. The Balaban J connectivity index is 5.05. The molecular weight excluding hydrogens is 1020 g/mol. The van der Waals surface area contributed by atoms with Crippen molar-refractivity contribution in [2.45, 2.75) is 341 Å². The number of likely N-dealkylation sites (N-methyl/N-ethyl adjacent to an activating group) is 1. The molecule has 0 spiro atoms. The Morgan fingerprint density at radius 3 is 1.16 bits per heavy atom. The summed E-state index contributed by atoms with van der Waals surface area (Å²) in [6.45, 7) is 7.00. The van der Waals surface area contributed by atoms with Gasteiger partial charge in [-0.2, -0.15) is 0 Å². The molecule has 0 fully saturated rings. The highest BCUT2D eigenvalue weighted by atomic mass is 31.2. The predicted octanol–water partition coefficient (Wildman–Crippen LogP) is 21.8. The quantitative estimate of drug-likeness (QED) is 0.0205. The van der Waals surface area contributed by atoms with Crippen LogP contribution in [0.15, 0.2) is 60.8 Å². The molecule has 0 aliphatic heterocycles. The Bertz CT molecular complexity index is 1570. The average molecular weight is 1160 g/mol. The van der Waals surface area contributed by atoms with Crippen LogP contribution < -0.4 is 5.32 Å². The maximum atomic E-state index is 13.6. The van der Waals surface area contributed by atoms with Crippen molar-refractivity contribution in [1.29, 1.82) is 0 Å². The lowest BCUT2D eigenvalue weighted by Crippen LogP contribution is -2.47. The Morgan fingerprint density at radius 2 is 0.753 bits per heavy atom. The monoisotopic (exact) mass is 1160 g/mol. The normalized spacial score (nSPS) is 13.9. The molecule has 0 aromatic rings. The molecule has 0 rings (SSSR count). The Kier molecular flexibility index (Phi) is 59.1. The number of hydrogen-bond donors (Lipinski definition) is 2. The molecule has 81 heavy (non-hydrogen) atoms. The fourth-order valence-electron chi connectivity index (χ4n) is 10.1. The molecule has 3 unspecified atom stereocenters. The first-order chi connectivity index (χ1) is 39.4. The molecule has 0 heterocycles. The van der Waals surface area contributed by atoms with Crippen LogP contribution in [-0.4, -0.2) is 74.3 Å². The molecule has 0 radical (unpaired) electrons. The fraction of sp³-hybridized carbons (Fsp3) is 0.831. The van der Waals surface area contributed by atoms with Gasteiger partial charge in [-0.3, -0.25) is 18.6 Å². The summed E-state index contributed by atoms with van der Waals surface area (Å²) >= 11 is 0. The van der Waals surface area contributed by atoms with E-state index in [4.69, 9.17) is 13.8 Å². The molecule has 3 atom stereocenters. The fourth-order valence-corrected chi connectivity index (χ4v) is 10.8. The molecule has 2 N–H and O–H groups in total. The topological polar surface area (TPSA) is 111 Å². The molecule has 0 saturated carbocycles. The minimum atomic E-state index is -4.46. The second-order valence-electron chi connectivity index (χ2n) is 24.7. The lowest BCUT2D eigenvalue weighted by Gasteiger charge is -2.27. The van der Waals surface area contributed by atoms with Crippen LogP contribution in [0.1, 0.15) is 329 Å². The van der Waals surface area contributed by atoms with Crippen molar-refractivity contribution in [3.63, 3.8) is 0 Å². The number of unbranched alkanes of at least 4 members (excludes halogenated alkanes) is 39. The number of amides is 1. The van der Waals surface area contributed by atoms with E-state index in [1.165, 1.54) is 212 Å². The molecule has 474 valence electrons. The molecule has 10 heteroatoms. The summed E-state index contributed by atoms with van der Waals surface area (Å²) in [7, 11) is 1.49. The van der Waals surface area contributed by atoms with Gasteiger partial charge in [-0.1, -0.05) is 281 Å². The number of nitrogens with one attached hydrogen (secondary N) is 1. The van der Waals surface area contributed by atoms with Gasteiger partial charge in [0.15, 0.2) is 0 Å². The third-order valence-electron chi connectivity index (χ3n) is 15.4. The second kappa shape index (κ2) is 60.8. The van der Waals surface area contributed by atoms with Crippen molar-refractivity contribution >= 4 is 19.7 Å². The molecular formula is C71H134N2O7P+. The number of allylic oxidation sites excluding steroid dienone is 9. The van der Waals surface area contributed by atoms with Crippen LogP contribution in [0.25, 0.3) is 0 Å². The van der Waals surface area contributed by atoms with Crippen LogP contribution >= 0.6 is 7.82 Å². The van der Waals surface area contributed by atoms with Crippen LogP contribution in [-0.2, 0) is 27.9 Å². The number of rotatable bonds is 63. The van der Waals surface area contributed by atoms with Gasteiger partial charge >= 0.3 is 13.8 Å². The zero-order chi connectivity index (χ0) is 59.3. The number of nitrogens with zero attached hydrogens (tertiary/aromatic N) is 1. The SMILES string of the molecule is CCCCC/C=C\C/C=C\C/C=C\CCCCCCCCC(=O)NC(COP(=O)(O)OCC[N+](C)(C)C)C(/C=C\CCCCCCCCCCC)OC(=O)CCCCCCCCCCCCCCCCC/C=C/CCCCCCCC. The summed E-state index contributed by atoms with van der Waals surface area (Å²) in [6.07, 6.45) is 78.0. The molecule has 0 aliphatic carbocycles. The van der Waals surface area contributed by atoms with E-state index in [1.807, 2.05) is 33.3 Å². The first kappa shape index (κ1) is 78.7. The van der Waals surface area contributed by atoms with Gasteiger partial charge < -0.3 is 19.4 Å². The first-order valence-corrected chi connectivity index (χ1v) is 36.1. The standard InChI is InChI=1S/C71H133N2O7P/c1-7-10-13-16-19-22-25-27-29-31-33-34-35-36-37-38-40-42-44-46-49-52-55-58-61-64-71(75)80-69(62-59-56-53-50-47-24-21-18-15-12-9-3)68(67-79-81(76,77)78-66-65-73(4,5)6)72-70(74)63-60-57-54-51-48-45-43-41-39-32-30-28-26-23-20-17-14-11-8-2/h20,23,27-30,39,41,59,62,68-69H,7-19,21-22,24-26,31-38,40,42-58,60-61,63-67H2,1-6H3,(H-,72,74,76,77)/p+1/b23-20-,29-27+,30-28-,41-39-,62-59-. The van der Waals surface area contributed by atoms with E-state index in [2.05, 4.69) is 74.7 Å². The van der Waals surface area contributed by atoms with Crippen molar-refractivity contribution in [3.05, 3.63) is 60.8 Å². The molecule has 0 bridgehead atoms. The number of ether oxygens (including phenoxy) is 1. The van der Waals surface area contributed by atoms with E-state index >= 15 is 0 Å². The summed E-state index contributed by atoms with van der Waals surface area (Å²) in [4.78, 5) is 37.8. The third-order valence-corrected chi connectivity index (χ3v) is 16.4. The molecule has 0 aliphatic rings. The smallest absolute Gasteiger partial charge is 0.456 e. The van der Waals surface area contributed by atoms with Crippen LogP contribution in [0.3, 0.4) is 0 Å². The average Bonchev–Trinajstić information content (AvgIpc) is 3.43. The molecule has 0 aromatic heterocycles. The van der Waals surface area contributed by atoms with Crippen LogP contribution in [0, 0.1) is 0 Å². The summed E-state index contributed by atoms with van der Waals surface area (Å²) in [5.41, 5.74) is 0. The minimum Gasteiger partial charge on any atom is -0.456 e. The van der Waals surface area contributed by atoms with Gasteiger partial charge in [-0.25, -0.2) is 4.57 Å². The van der Waals surface area contributed by atoms with Gasteiger partial charge in [-0.05, 0) is 96.0 Å². The van der Waals surface area contributed by atoms with Gasteiger partial charge in [-0.15, -0.1) is 0 Å². The third kappa shape index (κ3) is 62.1. The van der Waals surface area contributed by atoms with Gasteiger partial charge in [0.25, 0.3) is 0 Å². The lowest BCUT2D eigenvalue weighted by atomic mass is 10.0. The number of phosphoric acid groups is 1. The van der Waals surface area contributed by atoms with Crippen molar-refractivity contribution in [2.75, 3.05) is 40.9 Å². The Morgan fingerprint density at radius 1 is 0.432 bits per heavy atom. The number of hydrogen-bond acceptors (Lipinski definition) is 6. The number of phosphoric ester groups is 1. The van der Waals surface area contributed by atoms with Gasteiger partial charge in [0.05, 0.1) is 33.8 Å². The maximum absolute atomic E-state index is 13.6.